The SMILES string of the molecule is CC(C)C[C@H](NC(=O)C(Cc1ccccc1)NC(=O)c1cnccn1)B1OC[C@@H](C)S[C@H](C)C(=O)O1. The van der Waals surface area contributed by atoms with Gasteiger partial charge >= 0.3 is 13.1 Å². The minimum Gasteiger partial charge on any atom is -0.507 e. The number of amides is 2. The van der Waals surface area contributed by atoms with Crippen LogP contribution in [-0.2, 0) is 25.3 Å². The number of nitrogens with one attached hydrogen (secondary N) is 2. The topological polar surface area (TPSA) is 120 Å². The Labute approximate surface area is 216 Å². The number of hydrogen-bond acceptors (Lipinski definition) is 8. The van der Waals surface area contributed by atoms with Crippen molar-refractivity contribution >= 4 is 36.7 Å². The van der Waals surface area contributed by atoms with Crippen molar-refractivity contribution in [2.24, 2.45) is 5.92 Å². The Morgan fingerprint density at radius 3 is 2.58 bits per heavy atom. The van der Waals surface area contributed by atoms with Crippen molar-refractivity contribution in [1.29, 1.82) is 0 Å². The predicted octanol–water partition coefficient (Wildman–Crippen LogP) is 2.46. The van der Waals surface area contributed by atoms with Gasteiger partial charge in [0.05, 0.1) is 17.4 Å². The number of thioether (sulfide) groups is 1. The van der Waals surface area contributed by atoms with E-state index >= 15 is 0 Å². The second-order valence-electron chi connectivity index (χ2n) is 9.28. The molecule has 36 heavy (non-hydrogen) atoms. The molecule has 0 radical (unpaired) electrons. The van der Waals surface area contributed by atoms with E-state index in [1.54, 1.807) is 6.92 Å². The van der Waals surface area contributed by atoms with Gasteiger partial charge in [0.2, 0.25) is 5.91 Å². The van der Waals surface area contributed by atoms with Crippen LogP contribution in [0.3, 0.4) is 0 Å². The van der Waals surface area contributed by atoms with E-state index in [1.165, 1.54) is 30.4 Å². The molecule has 1 aliphatic heterocycles. The second kappa shape index (κ2) is 13.4. The summed E-state index contributed by atoms with van der Waals surface area (Å²) in [5, 5.41) is 5.54. The van der Waals surface area contributed by atoms with E-state index in [0.29, 0.717) is 13.0 Å². The fourth-order valence-corrected chi connectivity index (χ4v) is 4.87. The summed E-state index contributed by atoms with van der Waals surface area (Å²) < 4.78 is 11.6. The van der Waals surface area contributed by atoms with Crippen LogP contribution in [0, 0.1) is 5.92 Å². The van der Waals surface area contributed by atoms with Gasteiger partial charge in [-0.15, -0.1) is 11.8 Å². The lowest BCUT2D eigenvalue weighted by Gasteiger charge is -2.31. The molecule has 2 amide bonds. The molecule has 0 aliphatic carbocycles. The fourth-order valence-electron chi connectivity index (χ4n) is 3.85. The van der Waals surface area contributed by atoms with Crippen molar-refractivity contribution in [1.82, 2.24) is 20.6 Å². The van der Waals surface area contributed by atoms with Gasteiger partial charge in [0, 0.05) is 30.7 Å². The summed E-state index contributed by atoms with van der Waals surface area (Å²) >= 11 is 1.49. The van der Waals surface area contributed by atoms with Crippen LogP contribution in [0.25, 0.3) is 0 Å². The van der Waals surface area contributed by atoms with Crippen molar-refractivity contribution in [3.8, 4) is 0 Å². The zero-order valence-electron chi connectivity index (χ0n) is 21.0. The van der Waals surface area contributed by atoms with Gasteiger partial charge in [-0.1, -0.05) is 51.1 Å². The molecule has 0 bridgehead atoms. The number of aromatic nitrogens is 2. The number of benzene rings is 1. The van der Waals surface area contributed by atoms with Gasteiger partial charge in [-0.25, -0.2) is 4.98 Å². The van der Waals surface area contributed by atoms with Crippen molar-refractivity contribution in [2.75, 3.05) is 6.61 Å². The lowest BCUT2D eigenvalue weighted by molar-refractivity contribution is -0.136. The van der Waals surface area contributed by atoms with Gasteiger partial charge in [0.1, 0.15) is 11.7 Å². The summed E-state index contributed by atoms with van der Waals surface area (Å²) in [5.74, 6) is -1.69. The third-order valence-electron chi connectivity index (χ3n) is 5.58. The summed E-state index contributed by atoms with van der Waals surface area (Å²) in [7, 11) is -0.928. The molecule has 0 saturated carbocycles. The molecule has 11 heteroatoms. The number of hydrogen-bond donors (Lipinski definition) is 2. The minimum absolute atomic E-state index is 0.0999. The molecular weight excluding hydrogens is 479 g/mol. The first-order chi connectivity index (χ1) is 17.2. The zero-order chi connectivity index (χ0) is 26.1. The summed E-state index contributed by atoms with van der Waals surface area (Å²) in [4.78, 5) is 46.9. The summed E-state index contributed by atoms with van der Waals surface area (Å²) in [6.07, 6.45) is 5.02. The van der Waals surface area contributed by atoms with Gasteiger partial charge in [-0.3, -0.25) is 19.4 Å². The van der Waals surface area contributed by atoms with E-state index in [4.69, 9.17) is 9.31 Å². The predicted molar refractivity (Wildman–Crippen MR) is 139 cm³/mol. The van der Waals surface area contributed by atoms with E-state index in [-0.39, 0.29) is 34.5 Å². The Balaban J connectivity index is 1.81. The monoisotopic (exact) mass is 512 g/mol. The first-order valence-electron chi connectivity index (χ1n) is 12.1. The number of carbonyl (C=O) groups excluding carboxylic acids is 3. The molecule has 4 atom stereocenters. The standard InChI is InChI=1S/C25H33BN4O5S/c1-16(2)12-22(26-34-15-17(3)36-18(4)25(33)35-26)30-23(31)20(13-19-8-6-5-7-9-19)29-24(32)21-14-27-10-11-28-21/h5-11,14,16-18,20,22H,12-13,15H2,1-4H3,(H,29,32)(H,30,31)/t17-,18-,20?,22+/m1/s1. The first kappa shape index (κ1) is 27.7. The van der Waals surface area contributed by atoms with Gasteiger partial charge < -0.3 is 19.9 Å². The molecule has 0 spiro atoms. The Kier molecular flexibility index (Phi) is 10.3. The molecule has 2 heterocycles. The van der Waals surface area contributed by atoms with E-state index < -0.39 is 30.9 Å². The van der Waals surface area contributed by atoms with Crippen molar-refractivity contribution in [2.45, 2.75) is 63.0 Å². The Morgan fingerprint density at radius 1 is 1.17 bits per heavy atom. The van der Waals surface area contributed by atoms with Gasteiger partial charge in [-0.05, 0) is 24.8 Å². The maximum Gasteiger partial charge on any atom is 0.551 e. The van der Waals surface area contributed by atoms with Crippen LogP contribution in [-0.4, -0.2) is 64.0 Å². The molecule has 1 aliphatic rings. The van der Waals surface area contributed by atoms with Crippen LogP contribution in [0.2, 0.25) is 0 Å². The van der Waals surface area contributed by atoms with Crippen LogP contribution < -0.4 is 10.6 Å². The molecule has 2 N–H and O–H groups in total. The smallest absolute Gasteiger partial charge is 0.507 e. The molecule has 1 unspecified atom stereocenters. The highest BCUT2D eigenvalue weighted by molar-refractivity contribution is 8.01. The van der Waals surface area contributed by atoms with Gasteiger partial charge in [0.15, 0.2) is 0 Å². The van der Waals surface area contributed by atoms with Crippen LogP contribution >= 0.6 is 11.8 Å². The largest absolute Gasteiger partial charge is 0.551 e. The van der Waals surface area contributed by atoms with E-state index in [1.807, 2.05) is 51.1 Å². The third-order valence-corrected chi connectivity index (χ3v) is 6.78. The molecule has 1 aromatic carbocycles. The fraction of sp³-hybridized carbons (Fsp3) is 0.480. The number of rotatable bonds is 9. The molecule has 9 nitrogen and oxygen atoms in total. The third kappa shape index (κ3) is 8.34. The van der Waals surface area contributed by atoms with Crippen LogP contribution in [0.4, 0.5) is 0 Å². The average Bonchev–Trinajstić information content (AvgIpc) is 2.85. The van der Waals surface area contributed by atoms with E-state index in [0.717, 1.165) is 5.56 Å². The highest BCUT2D eigenvalue weighted by atomic mass is 32.2. The Hall–Kier alpha value is -2.92. The van der Waals surface area contributed by atoms with E-state index in [2.05, 4.69) is 20.6 Å². The lowest BCUT2D eigenvalue weighted by atomic mass is 9.73. The minimum atomic E-state index is -0.928. The molecule has 1 fully saturated rings. The Morgan fingerprint density at radius 2 is 1.92 bits per heavy atom. The van der Waals surface area contributed by atoms with Crippen LogP contribution in [0.5, 0.6) is 0 Å². The summed E-state index contributed by atoms with van der Waals surface area (Å²) in [6, 6.07) is 8.52. The maximum absolute atomic E-state index is 13.6. The van der Waals surface area contributed by atoms with E-state index in [9.17, 15) is 14.4 Å². The first-order valence-corrected chi connectivity index (χ1v) is 13.1. The highest BCUT2D eigenvalue weighted by Crippen LogP contribution is 2.23. The molecule has 3 rings (SSSR count). The van der Waals surface area contributed by atoms with Crippen molar-refractivity contribution in [3.05, 3.63) is 60.2 Å². The number of nitrogens with zero attached hydrogens (tertiary/aromatic N) is 2. The second-order valence-corrected chi connectivity index (χ2v) is 11.1. The molecular formula is C25H33BN4O5S. The van der Waals surface area contributed by atoms with Gasteiger partial charge in [-0.2, -0.15) is 0 Å². The molecule has 1 saturated heterocycles. The molecule has 192 valence electrons. The van der Waals surface area contributed by atoms with Crippen molar-refractivity contribution < 1.29 is 23.7 Å². The maximum atomic E-state index is 13.6. The highest BCUT2D eigenvalue weighted by Gasteiger charge is 2.40. The van der Waals surface area contributed by atoms with Crippen molar-refractivity contribution in [3.63, 3.8) is 0 Å². The summed E-state index contributed by atoms with van der Waals surface area (Å²) in [6.45, 7) is 8.21. The lowest BCUT2D eigenvalue weighted by Crippen LogP contribution is -2.57. The van der Waals surface area contributed by atoms with Gasteiger partial charge in [0.25, 0.3) is 5.91 Å². The van der Waals surface area contributed by atoms with Crippen LogP contribution in [0.1, 0.15) is 50.2 Å². The number of carbonyl (C=O) groups is 3. The summed E-state index contributed by atoms with van der Waals surface area (Å²) in [5.41, 5.74) is 0.991. The normalized spacial score (nSPS) is 20.0. The molecule has 2 aromatic rings. The quantitative estimate of drug-likeness (QED) is 0.492. The zero-order valence-corrected chi connectivity index (χ0v) is 21.9. The molecule has 1 aromatic heterocycles. The average molecular weight is 512 g/mol. The van der Waals surface area contributed by atoms with Crippen LogP contribution in [0.15, 0.2) is 48.9 Å². The Bertz CT molecular complexity index is 1010.